The minimum atomic E-state index is -1.43. The minimum Gasteiger partial charge on any atom is -0.441 e. The number of carbonyl (C=O) groups excluding carboxylic acids is 1. The smallest absolute Gasteiger partial charge is 0.311 e. The van der Waals surface area contributed by atoms with E-state index in [4.69, 9.17) is 34.4 Å². The zero-order valence-electron chi connectivity index (χ0n) is 11.7. The lowest BCUT2D eigenvalue weighted by Crippen LogP contribution is -2.20. The molecule has 1 saturated carbocycles. The van der Waals surface area contributed by atoms with Gasteiger partial charge in [-0.1, -0.05) is 43.0 Å². The molecule has 0 N–H and O–H groups in total. The number of alkyl halides is 1. The van der Waals surface area contributed by atoms with Crippen LogP contribution in [-0.2, 0) is 9.53 Å². The standard InChI is InChI=1S/C15H16Cl2F2O2/c1-4-11(10(19)6-5-7-18)21-14(20)13-9(8-12(16)17)15(13,2)3/h1,6,8-9,11,13H,5,7H2,2-3H3. The third kappa shape index (κ3) is 4.46. The van der Waals surface area contributed by atoms with E-state index in [2.05, 4.69) is 0 Å². The molecule has 0 aromatic rings. The number of terminal acetylenes is 1. The van der Waals surface area contributed by atoms with Crippen LogP contribution in [0.2, 0.25) is 0 Å². The van der Waals surface area contributed by atoms with Crippen molar-refractivity contribution in [3.8, 4) is 12.3 Å². The molecule has 2 nitrogen and oxygen atoms in total. The maximum atomic E-state index is 13.6. The average Bonchev–Trinajstić information content (AvgIpc) is 2.93. The van der Waals surface area contributed by atoms with Crippen molar-refractivity contribution in [2.24, 2.45) is 17.3 Å². The summed E-state index contributed by atoms with van der Waals surface area (Å²) in [4.78, 5) is 12.1. The number of halogens is 4. The highest BCUT2D eigenvalue weighted by atomic mass is 35.5. The molecule has 1 rings (SSSR count). The Hall–Kier alpha value is -1.05. The summed E-state index contributed by atoms with van der Waals surface area (Å²) in [6.07, 6.45) is 6.11. The highest BCUT2D eigenvalue weighted by Gasteiger charge is 2.62. The third-order valence-corrected chi connectivity index (χ3v) is 3.81. The second-order valence-corrected chi connectivity index (χ2v) is 6.34. The first-order valence-corrected chi connectivity index (χ1v) is 7.12. The van der Waals surface area contributed by atoms with Gasteiger partial charge in [-0.2, -0.15) is 0 Å². The molecule has 0 radical (unpaired) electrons. The normalized spacial score (nSPS) is 24.7. The van der Waals surface area contributed by atoms with Crippen LogP contribution in [0.25, 0.3) is 0 Å². The molecule has 1 aliphatic carbocycles. The van der Waals surface area contributed by atoms with E-state index >= 15 is 0 Å². The molecule has 0 aromatic heterocycles. The quantitative estimate of drug-likeness (QED) is 0.532. The monoisotopic (exact) mass is 336 g/mol. The van der Waals surface area contributed by atoms with Crippen LogP contribution < -0.4 is 0 Å². The molecular weight excluding hydrogens is 321 g/mol. The van der Waals surface area contributed by atoms with Gasteiger partial charge in [0.05, 0.1) is 12.6 Å². The second-order valence-electron chi connectivity index (χ2n) is 5.33. The van der Waals surface area contributed by atoms with Gasteiger partial charge in [0.2, 0.25) is 6.10 Å². The summed E-state index contributed by atoms with van der Waals surface area (Å²) in [5, 5.41) is 0. The first kappa shape index (κ1) is 18.0. The van der Waals surface area contributed by atoms with Crippen LogP contribution in [0, 0.1) is 29.6 Å². The topological polar surface area (TPSA) is 26.3 Å². The molecular formula is C15H16Cl2F2O2. The number of hydrogen-bond donors (Lipinski definition) is 0. The van der Waals surface area contributed by atoms with Gasteiger partial charge in [-0.3, -0.25) is 9.18 Å². The summed E-state index contributed by atoms with van der Waals surface area (Å²) < 4.78 is 30.6. The molecule has 0 bridgehead atoms. The van der Waals surface area contributed by atoms with E-state index in [1.807, 2.05) is 19.8 Å². The molecule has 0 spiro atoms. The Morgan fingerprint density at radius 2 is 2.14 bits per heavy atom. The van der Waals surface area contributed by atoms with Crippen molar-refractivity contribution in [2.45, 2.75) is 26.4 Å². The first-order valence-electron chi connectivity index (χ1n) is 6.36. The number of carbonyl (C=O) groups is 1. The van der Waals surface area contributed by atoms with E-state index in [0.717, 1.165) is 6.08 Å². The van der Waals surface area contributed by atoms with E-state index < -0.39 is 30.5 Å². The van der Waals surface area contributed by atoms with E-state index in [-0.39, 0.29) is 22.2 Å². The SMILES string of the molecule is C#CC(OC(=O)C1C(C=C(Cl)Cl)C1(C)C)C(F)=CCCF. The largest absolute Gasteiger partial charge is 0.441 e. The number of esters is 1. The van der Waals surface area contributed by atoms with E-state index in [9.17, 15) is 13.6 Å². The number of ether oxygens (including phenoxy) is 1. The molecule has 1 aliphatic rings. The Kier molecular flexibility index (Phi) is 6.24. The fraction of sp³-hybridized carbons (Fsp3) is 0.533. The highest BCUT2D eigenvalue weighted by molar-refractivity contribution is 6.55. The Morgan fingerprint density at radius 1 is 1.52 bits per heavy atom. The molecule has 6 heteroatoms. The summed E-state index contributed by atoms with van der Waals surface area (Å²) in [5.41, 5.74) is -0.385. The molecule has 0 saturated heterocycles. The van der Waals surface area contributed by atoms with Crippen LogP contribution in [0.4, 0.5) is 8.78 Å². The molecule has 3 atom stereocenters. The van der Waals surface area contributed by atoms with E-state index in [1.54, 1.807) is 6.08 Å². The summed E-state index contributed by atoms with van der Waals surface area (Å²) >= 11 is 11.2. The van der Waals surface area contributed by atoms with E-state index in [1.165, 1.54) is 0 Å². The predicted octanol–water partition coefficient (Wildman–Crippen LogP) is 4.34. The van der Waals surface area contributed by atoms with Crippen LogP contribution in [0.15, 0.2) is 22.5 Å². The predicted molar refractivity (Wildman–Crippen MR) is 79.0 cm³/mol. The lowest BCUT2D eigenvalue weighted by atomic mass is 10.1. The highest BCUT2D eigenvalue weighted by Crippen LogP contribution is 2.60. The summed E-state index contributed by atoms with van der Waals surface area (Å²) in [6.45, 7) is 2.98. The molecule has 0 amide bonds. The molecule has 116 valence electrons. The van der Waals surface area contributed by atoms with Crippen LogP contribution in [-0.4, -0.2) is 18.7 Å². The second kappa shape index (κ2) is 7.29. The van der Waals surface area contributed by atoms with Gasteiger partial charge in [0.1, 0.15) is 10.3 Å². The van der Waals surface area contributed by atoms with Gasteiger partial charge in [0.25, 0.3) is 0 Å². The van der Waals surface area contributed by atoms with Crippen molar-refractivity contribution in [1.29, 1.82) is 0 Å². The average molecular weight is 337 g/mol. The Morgan fingerprint density at radius 3 is 2.62 bits per heavy atom. The van der Waals surface area contributed by atoms with Crippen LogP contribution in [0.1, 0.15) is 20.3 Å². The van der Waals surface area contributed by atoms with Crippen LogP contribution >= 0.6 is 23.2 Å². The van der Waals surface area contributed by atoms with Crippen molar-refractivity contribution in [1.82, 2.24) is 0 Å². The zero-order valence-corrected chi connectivity index (χ0v) is 13.2. The van der Waals surface area contributed by atoms with Crippen molar-refractivity contribution < 1.29 is 18.3 Å². The van der Waals surface area contributed by atoms with Gasteiger partial charge in [-0.15, -0.1) is 6.42 Å². The maximum Gasteiger partial charge on any atom is 0.311 e. The van der Waals surface area contributed by atoms with Gasteiger partial charge in [0.15, 0.2) is 0 Å². The van der Waals surface area contributed by atoms with Gasteiger partial charge < -0.3 is 4.74 Å². The Bertz CT molecular complexity index is 502. The molecule has 21 heavy (non-hydrogen) atoms. The van der Waals surface area contributed by atoms with Gasteiger partial charge >= 0.3 is 5.97 Å². The van der Waals surface area contributed by atoms with Crippen molar-refractivity contribution in [2.75, 3.05) is 6.67 Å². The molecule has 0 aliphatic heterocycles. The van der Waals surface area contributed by atoms with Gasteiger partial charge in [0, 0.05) is 0 Å². The lowest BCUT2D eigenvalue weighted by Gasteiger charge is -2.11. The maximum absolute atomic E-state index is 13.6. The van der Waals surface area contributed by atoms with Crippen molar-refractivity contribution >= 4 is 29.2 Å². The Labute approximate surface area is 133 Å². The summed E-state index contributed by atoms with van der Waals surface area (Å²) in [5.74, 6) is -0.114. The lowest BCUT2D eigenvalue weighted by molar-refractivity contribution is -0.148. The van der Waals surface area contributed by atoms with Gasteiger partial charge in [-0.05, 0) is 29.9 Å². The van der Waals surface area contributed by atoms with Gasteiger partial charge in [-0.25, -0.2) is 4.39 Å². The summed E-state index contributed by atoms with van der Waals surface area (Å²) in [7, 11) is 0. The number of rotatable bonds is 6. The number of hydrogen-bond acceptors (Lipinski definition) is 2. The fourth-order valence-corrected chi connectivity index (χ4v) is 2.50. The minimum absolute atomic E-state index is 0.0610. The van der Waals surface area contributed by atoms with Crippen molar-refractivity contribution in [3.05, 3.63) is 22.5 Å². The third-order valence-electron chi connectivity index (χ3n) is 3.55. The summed E-state index contributed by atoms with van der Waals surface area (Å²) in [6, 6.07) is 0. The Balaban J connectivity index is 2.73. The van der Waals surface area contributed by atoms with Crippen LogP contribution in [0.5, 0.6) is 0 Å². The molecule has 0 aromatic carbocycles. The zero-order chi connectivity index (χ0) is 16.2. The van der Waals surface area contributed by atoms with E-state index in [0.29, 0.717) is 0 Å². The molecule has 3 unspecified atom stereocenters. The fourth-order valence-electron chi connectivity index (χ4n) is 2.23. The number of allylic oxidation sites excluding steroid dienone is 2. The molecule has 1 fully saturated rings. The van der Waals surface area contributed by atoms with Crippen LogP contribution in [0.3, 0.4) is 0 Å². The first-order chi connectivity index (χ1) is 9.75. The molecule has 0 heterocycles. The van der Waals surface area contributed by atoms with Crippen molar-refractivity contribution in [3.63, 3.8) is 0 Å².